The molecule has 0 unspecified atom stereocenters. The summed E-state index contributed by atoms with van der Waals surface area (Å²) in [5.74, 6) is -5.17. The molecule has 2 fully saturated rings. The maximum absolute atomic E-state index is 14.6. The van der Waals surface area contributed by atoms with Gasteiger partial charge in [0.1, 0.15) is 11.6 Å². The quantitative estimate of drug-likeness (QED) is 0.578. The molecule has 0 spiro atoms. The monoisotopic (exact) mass is 401 g/mol. The summed E-state index contributed by atoms with van der Waals surface area (Å²) in [5, 5.41) is 0. The Balaban J connectivity index is 1.77. The summed E-state index contributed by atoms with van der Waals surface area (Å²) in [5.41, 5.74) is -1.71. The number of amides is 1. The van der Waals surface area contributed by atoms with E-state index in [1.165, 1.54) is 0 Å². The summed E-state index contributed by atoms with van der Waals surface area (Å²) >= 11 is 0. The van der Waals surface area contributed by atoms with Crippen molar-refractivity contribution in [3.8, 4) is 0 Å². The predicted octanol–water partition coefficient (Wildman–Crippen LogP) is 3.06. The third-order valence-corrected chi connectivity index (χ3v) is 5.76. The van der Waals surface area contributed by atoms with Gasteiger partial charge in [0.05, 0.1) is 24.2 Å². The lowest BCUT2D eigenvalue weighted by Gasteiger charge is -2.32. The van der Waals surface area contributed by atoms with Crippen LogP contribution >= 0.6 is 0 Å². The second-order valence-electron chi connectivity index (χ2n) is 8.50. The van der Waals surface area contributed by atoms with Crippen molar-refractivity contribution < 1.29 is 31.7 Å². The van der Waals surface area contributed by atoms with Crippen molar-refractivity contribution in [2.45, 2.75) is 64.1 Å². The first-order valence-corrected chi connectivity index (χ1v) is 9.30. The molecule has 0 aliphatic carbocycles. The van der Waals surface area contributed by atoms with Gasteiger partial charge in [-0.1, -0.05) is 0 Å². The minimum atomic E-state index is -2.95. The molecule has 0 atom stereocenters. The van der Waals surface area contributed by atoms with Crippen molar-refractivity contribution in [2.75, 3.05) is 13.1 Å². The van der Waals surface area contributed by atoms with Crippen molar-refractivity contribution in [2.24, 2.45) is 0 Å². The number of benzene rings is 1. The Labute approximate surface area is 162 Å². The Bertz CT molecular complexity index is 769. The van der Waals surface area contributed by atoms with Gasteiger partial charge in [0.2, 0.25) is 5.91 Å². The Morgan fingerprint density at radius 1 is 1.11 bits per heavy atom. The van der Waals surface area contributed by atoms with Crippen LogP contribution in [0.2, 0.25) is 0 Å². The van der Waals surface area contributed by atoms with Gasteiger partial charge in [-0.3, -0.25) is 4.79 Å². The molecule has 1 aromatic rings. The molecule has 0 N–H and O–H groups in total. The van der Waals surface area contributed by atoms with Gasteiger partial charge < -0.3 is 14.2 Å². The highest BCUT2D eigenvalue weighted by Gasteiger charge is 2.52. The van der Waals surface area contributed by atoms with Crippen molar-refractivity contribution in [3.05, 3.63) is 29.3 Å². The number of nitrogens with zero attached hydrogens (tertiary/aromatic N) is 1. The van der Waals surface area contributed by atoms with Gasteiger partial charge in [-0.25, -0.2) is 17.6 Å². The largest absolute Gasteiger partial charge is 0.497 e. The lowest BCUT2D eigenvalue weighted by molar-refractivity contribution is -0.140. The molecule has 0 radical (unpaired) electrons. The van der Waals surface area contributed by atoms with Crippen LogP contribution in [0.5, 0.6) is 0 Å². The van der Waals surface area contributed by atoms with Crippen LogP contribution in [0.4, 0.5) is 17.6 Å². The van der Waals surface area contributed by atoms with Gasteiger partial charge in [0.25, 0.3) is 5.92 Å². The minimum absolute atomic E-state index is 0.100. The molecule has 154 valence electrons. The lowest BCUT2D eigenvalue weighted by Crippen LogP contribution is -2.46. The van der Waals surface area contributed by atoms with E-state index in [-0.39, 0.29) is 30.4 Å². The van der Waals surface area contributed by atoms with E-state index in [1.807, 2.05) is 0 Å². The number of halogens is 4. The van der Waals surface area contributed by atoms with Gasteiger partial charge in [0.15, 0.2) is 0 Å². The fourth-order valence-corrected chi connectivity index (χ4v) is 3.34. The molecule has 0 saturated carbocycles. The summed E-state index contributed by atoms with van der Waals surface area (Å²) in [6.07, 6.45) is -0.582. The number of alkyl halides is 2. The third-order valence-electron chi connectivity index (χ3n) is 5.76. The molecule has 1 aromatic carbocycles. The van der Waals surface area contributed by atoms with Crippen LogP contribution in [0.15, 0.2) is 12.1 Å². The van der Waals surface area contributed by atoms with E-state index in [4.69, 9.17) is 9.31 Å². The van der Waals surface area contributed by atoms with E-state index in [2.05, 4.69) is 0 Å². The van der Waals surface area contributed by atoms with Gasteiger partial charge in [0, 0.05) is 18.4 Å². The molecule has 2 saturated heterocycles. The van der Waals surface area contributed by atoms with Crippen LogP contribution in [-0.2, 0) is 20.5 Å². The van der Waals surface area contributed by atoms with Crippen molar-refractivity contribution in [3.63, 3.8) is 0 Å². The average molecular weight is 401 g/mol. The number of likely N-dealkylation sites (tertiary alicyclic amines) is 1. The van der Waals surface area contributed by atoms with E-state index in [0.29, 0.717) is 0 Å². The first kappa shape index (κ1) is 21.1. The Morgan fingerprint density at radius 2 is 1.71 bits per heavy atom. The highest BCUT2D eigenvalue weighted by atomic mass is 19.3. The van der Waals surface area contributed by atoms with Crippen LogP contribution in [0.25, 0.3) is 0 Å². The maximum Gasteiger partial charge on any atom is 0.497 e. The van der Waals surface area contributed by atoms with E-state index >= 15 is 0 Å². The number of piperidine rings is 1. The van der Waals surface area contributed by atoms with Gasteiger partial charge >= 0.3 is 7.12 Å². The van der Waals surface area contributed by atoms with Crippen molar-refractivity contribution in [1.82, 2.24) is 4.90 Å². The third kappa shape index (κ3) is 4.05. The van der Waals surface area contributed by atoms with Crippen molar-refractivity contribution >= 4 is 18.5 Å². The second kappa shape index (κ2) is 7.02. The van der Waals surface area contributed by atoms with Crippen LogP contribution in [0.1, 0.15) is 46.1 Å². The zero-order valence-corrected chi connectivity index (χ0v) is 16.5. The number of hydrogen-bond acceptors (Lipinski definition) is 3. The fraction of sp³-hybridized carbons (Fsp3) is 0.632. The molecule has 4 nitrogen and oxygen atoms in total. The topological polar surface area (TPSA) is 38.8 Å². The Morgan fingerprint density at radius 3 is 2.29 bits per heavy atom. The summed E-state index contributed by atoms with van der Waals surface area (Å²) in [6.45, 7) is 6.67. The van der Waals surface area contributed by atoms with E-state index in [9.17, 15) is 22.4 Å². The molecule has 28 heavy (non-hydrogen) atoms. The summed E-state index contributed by atoms with van der Waals surface area (Å²) in [7, 11) is -1.08. The van der Waals surface area contributed by atoms with E-state index < -0.39 is 54.8 Å². The smallest absolute Gasteiger partial charge is 0.399 e. The van der Waals surface area contributed by atoms with Crippen LogP contribution < -0.4 is 5.46 Å². The Kier molecular flexibility index (Phi) is 5.29. The number of hydrogen-bond donors (Lipinski definition) is 0. The molecule has 2 heterocycles. The summed E-state index contributed by atoms with van der Waals surface area (Å²) in [4.78, 5) is 13.3. The Hall–Kier alpha value is -1.61. The van der Waals surface area contributed by atoms with Gasteiger partial charge in [-0.15, -0.1) is 0 Å². The first-order chi connectivity index (χ1) is 12.8. The highest BCUT2D eigenvalue weighted by Crippen LogP contribution is 2.36. The normalized spacial score (nSPS) is 23.1. The molecule has 3 rings (SSSR count). The standard InChI is InChI=1S/C19H24BF4NO3/c1-17(2)18(3,4)28-20(27-17)13-10-14(21)12(8-15(13)22)9-16(26)25-7-5-6-19(23,24)11-25/h8,10H,5-7,9,11H2,1-4H3. The molecule has 0 aromatic heterocycles. The van der Waals surface area contributed by atoms with Crippen LogP contribution in [0.3, 0.4) is 0 Å². The SMILES string of the molecule is CC1(C)OB(c2cc(F)c(CC(=O)N3CCCC(F)(F)C3)cc2F)OC1(C)C. The fourth-order valence-electron chi connectivity index (χ4n) is 3.34. The van der Waals surface area contributed by atoms with Crippen LogP contribution in [-0.4, -0.2) is 48.1 Å². The van der Waals surface area contributed by atoms with E-state index in [0.717, 1.165) is 17.0 Å². The number of rotatable bonds is 3. The molecule has 2 aliphatic heterocycles. The molecular weight excluding hydrogens is 377 g/mol. The zero-order valence-electron chi connectivity index (χ0n) is 16.5. The zero-order chi connectivity index (χ0) is 20.9. The first-order valence-electron chi connectivity index (χ1n) is 9.30. The number of carbonyl (C=O) groups excluding carboxylic acids is 1. The summed E-state index contributed by atoms with van der Waals surface area (Å²) < 4.78 is 67.6. The predicted molar refractivity (Wildman–Crippen MR) is 96.5 cm³/mol. The van der Waals surface area contributed by atoms with Crippen molar-refractivity contribution in [1.29, 1.82) is 0 Å². The van der Waals surface area contributed by atoms with Gasteiger partial charge in [-0.2, -0.15) is 0 Å². The van der Waals surface area contributed by atoms with Gasteiger partial charge in [-0.05, 0) is 51.8 Å². The molecule has 9 heteroatoms. The lowest BCUT2D eigenvalue weighted by atomic mass is 9.78. The van der Waals surface area contributed by atoms with Crippen LogP contribution in [0, 0.1) is 11.6 Å². The second-order valence-corrected chi connectivity index (χ2v) is 8.50. The molecule has 0 bridgehead atoms. The summed E-state index contributed by atoms with van der Waals surface area (Å²) in [6, 6.07) is 1.86. The highest BCUT2D eigenvalue weighted by molar-refractivity contribution is 6.62. The molecular formula is C19H24BF4NO3. The maximum atomic E-state index is 14.6. The van der Waals surface area contributed by atoms with E-state index in [1.54, 1.807) is 27.7 Å². The average Bonchev–Trinajstić information content (AvgIpc) is 2.77. The minimum Gasteiger partial charge on any atom is -0.399 e. The molecule has 2 aliphatic rings. The number of carbonyl (C=O) groups is 1. The molecule has 1 amide bonds.